The van der Waals surface area contributed by atoms with Gasteiger partial charge >= 0.3 is 0 Å². The molecule has 5 heteroatoms. The van der Waals surface area contributed by atoms with Crippen LogP contribution in [0.4, 0.5) is 5.13 Å². The van der Waals surface area contributed by atoms with Crippen LogP contribution in [0.25, 0.3) is 0 Å². The highest BCUT2D eigenvalue weighted by atomic mass is 32.1. The fourth-order valence-corrected chi connectivity index (χ4v) is 1.86. The van der Waals surface area contributed by atoms with E-state index in [4.69, 9.17) is 5.11 Å². The maximum atomic E-state index is 8.90. The van der Waals surface area contributed by atoms with Gasteiger partial charge in [-0.05, 0) is 19.3 Å². The molecule has 1 aromatic rings. The SMILES string of the molecule is Cc1nsc(NC(CCO)C(C)C)n1. The Hall–Kier alpha value is -0.680. The molecule has 0 fully saturated rings. The number of nitrogens with zero attached hydrogens (tertiary/aromatic N) is 2. The molecule has 0 aliphatic heterocycles. The van der Waals surface area contributed by atoms with E-state index in [2.05, 4.69) is 28.5 Å². The summed E-state index contributed by atoms with van der Waals surface area (Å²) in [7, 11) is 0. The minimum absolute atomic E-state index is 0.202. The number of aromatic nitrogens is 2. The zero-order chi connectivity index (χ0) is 10.6. The monoisotopic (exact) mass is 215 g/mol. The molecule has 0 aliphatic rings. The molecule has 0 bridgehead atoms. The van der Waals surface area contributed by atoms with Gasteiger partial charge in [-0.25, -0.2) is 4.98 Å². The van der Waals surface area contributed by atoms with Crippen LogP contribution >= 0.6 is 11.5 Å². The molecule has 80 valence electrons. The number of aryl methyl sites for hydroxylation is 1. The first kappa shape index (κ1) is 11.4. The van der Waals surface area contributed by atoms with Crippen molar-refractivity contribution in [2.45, 2.75) is 33.2 Å². The summed E-state index contributed by atoms with van der Waals surface area (Å²) in [6, 6.07) is 0.271. The normalized spacial score (nSPS) is 13.2. The van der Waals surface area contributed by atoms with Crippen molar-refractivity contribution in [3.05, 3.63) is 5.82 Å². The van der Waals surface area contributed by atoms with Crippen LogP contribution < -0.4 is 5.32 Å². The van der Waals surface area contributed by atoms with Gasteiger partial charge in [0.2, 0.25) is 5.13 Å². The van der Waals surface area contributed by atoms with E-state index in [9.17, 15) is 0 Å². The van der Waals surface area contributed by atoms with Gasteiger partial charge in [0.25, 0.3) is 0 Å². The van der Waals surface area contributed by atoms with Crippen LogP contribution in [-0.2, 0) is 0 Å². The fraction of sp³-hybridized carbons (Fsp3) is 0.778. The number of hydrogen-bond donors (Lipinski definition) is 2. The van der Waals surface area contributed by atoms with Crippen molar-refractivity contribution < 1.29 is 5.11 Å². The highest BCUT2D eigenvalue weighted by Crippen LogP contribution is 2.16. The Morgan fingerprint density at radius 2 is 2.21 bits per heavy atom. The average Bonchev–Trinajstić information content (AvgIpc) is 2.50. The fourth-order valence-electron chi connectivity index (χ4n) is 1.23. The molecule has 0 saturated carbocycles. The summed E-state index contributed by atoms with van der Waals surface area (Å²) in [5.74, 6) is 1.27. The van der Waals surface area contributed by atoms with Crippen molar-refractivity contribution in [1.82, 2.24) is 9.36 Å². The predicted octanol–water partition coefficient (Wildman–Crippen LogP) is 1.67. The Bertz CT molecular complexity index is 275. The Balaban J connectivity index is 2.55. The van der Waals surface area contributed by atoms with Crippen molar-refractivity contribution in [1.29, 1.82) is 0 Å². The summed E-state index contributed by atoms with van der Waals surface area (Å²) in [6.07, 6.45) is 0.746. The number of anilines is 1. The molecule has 1 rings (SSSR count). The van der Waals surface area contributed by atoms with Crippen LogP contribution in [0.2, 0.25) is 0 Å². The van der Waals surface area contributed by atoms with Gasteiger partial charge in [-0.2, -0.15) is 4.37 Å². The standard InChI is InChI=1S/C9H17N3OS/c1-6(2)8(4-5-13)11-9-10-7(3)12-14-9/h6,8,13H,4-5H2,1-3H3,(H,10,11,12). The van der Waals surface area contributed by atoms with E-state index in [0.29, 0.717) is 5.92 Å². The van der Waals surface area contributed by atoms with Crippen molar-refractivity contribution in [2.75, 3.05) is 11.9 Å². The van der Waals surface area contributed by atoms with Crippen LogP contribution in [-0.4, -0.2) is 27.1 Å². The second-order valence-corrected chi connectivity index (χ2v) is 4.41. The Morgan fingerprint density at radius 1 is 1.50 bits per heavy atom. The molecule has 1 atom stereocenters. The molecular formula is C9H17N3OS. The molecule has 4 nitrogen and oxygen atoms in total. The van der Waals surface area contributed by atoms with Gasteiger partial charge in [-0.3, -0.25) is 0 Å². The highest BCUT2D eigenvalue weighted by Gasteiger charge is 2.13. The number of hydrogen-bond acceptors (Lipinski definition) is 5. The van der Waals surface area contributed by atoms with E-state index < -0.39 is 0 Å². The third kappa shape index (κ3) is 3.23. The number of nitrogens with one attached hydrogen (secondary N) is 1. The van der Waals surface area contributed by atoms with Gasteiger partial charge < -0.3 is 10.4 Å². The average molecular weight is 215 g/mol. The maximum absolute atomic E-state index is 8.90. The molecule has 0 saturated heterocycles. The lowest BCUT2D eigenvalue weighted by Crippen LogP contribution is -2.26. The zero-order valence-electron chi connectivity index (χ0n) is 8.82. The minimum Gasteiger partial charge on any atom is -0.396 e. The predicted molar refractivity (Wildman–Crippen MR) is 58.6 cm³/mol. The lowest BCUT2D eigenvalue weighted by atomic mass is 10.0. The first-order valence-corrected chi connectivity index (χ1v) is 5.58. The third-order valence-electron chi connectivity index (χ3n) is 2.08. The summed E-state index contributed by atoms with van der Waals surface area (Å²) < 4.78 is 4.09. The van der Waals surface area contributed by atoms with E-state index in [1.165, 1.54) is 11.5 Å². The van der Waals surface area contributed by atoms with Crippen LogP contribution in [0.3, 0.4) is 0 Å². The van der Waals surface area contributed by atoms with Crippen LogP contribution in [0.1, 0.15) is 26.1 Å². The first-order valence-electron chi connectivity index (χ1n) is 4.81. The topological polar surface area (TPSA) is 58.0 Å². The molecule has 0 spiro atoms. The second kappa shape index (κ2) is 5.26. The van der Waals surface area contributed by atoms with Crippen molar-refractivity contribution in [3.63, 3.8) is 0 Å². The lowest BCUT2D eigenvalue weighted by molar-refractivity contribution is 0.267. The summed E-state index contributed by atoms with van der Waals surface area (Å²) in [4.78, 5) is 4.23. The summed E-state index contributed by atoms with van der Waals surface area (Å²) in [5.41, 5.74) is 0. The Kier molecular flexibility index (Phi) is 4.28. The largest absolute Gasteiger partial charge is 0.396 e. The van der Waals surface area contributed by atoms with Crippen LogP contribution in [0.5, 0.6) is 0 Å². The van der Waals surface area contributed by atoms with Gasteiger partial charge in [0, 0.05) is 24.2 Å². The number of aliphatic hydroxyl groups is 1. The lowest BCUT2D eigenvalue weighted by Gasteiger charge is -2.20. The molecular weight excluding hydrogens is 198 g/mol. The van der Waals surface area contributed by atoms with E-state index in [0.717, 1.165) is 17.4 Å². The van der Waals surface area contributed by atoms with Gasteiger partial charge in [0.1, 0.15) is 5.82 Å². The summed E-state index contributed by atoms with van der Waals surface area (Å²) in [5, 5.41) is 13.0. The summed E-state index contributed by atoms with van der Waals surface area (Å²) in [6.45, 7) is 6.33. The molecule has 2 N–H and O–H groups in total. The smallest absolute Gasteiger partial charge is 0.202 e. The van der Waals surface area contributed by atoms with Crippen molar-refractivity contribution in [2.24, 2.45) is 5.92 Å². The van der Waals surface area contributed by atoms with Crippen LogP contribution in [0.15, 0.2) is 0 Å². The van der Waals surface area contributed by atoms with Gasteiger partial charge in [0.15, 0.2) is 0 Å². The number of aliphatic hydroxyl groups excluding tert-OH is 1. The molecule has 1 aromatic heterocycles. The second-order valence-electron chi connectivity index (χ2n) is 3.65. The summed E-state index contributed by atoms with van der Waals surface area (Å²) >= 11 is 1.37. The van der Waals surface area contributed by atoms with E-state index >= 15 is 0 Å². The quantitative estimate of drug-likeness (QED) is 0.784. The molecule has 1 unspecified atom stereocenters. The Labute approximate surface area is 88.6 Å². The van der Waals surface area contributed by atoms with E-state index in [1.807, 2.05) is 6.92 Å². The van der Waals surface area contributed by atoms with E-state index in [1.54, 1.807) is 0 Å². The maximum Gasteiger partial charge on any atom is 0.202 e. The highest BCUT2D eigenvalue weighted by molar-refractivity contribution is 7.09. The van der Waals surface area contributed by atoms with E-state index in [-0.39, 0.29) is 12.6 Å². The molecule has 0 amide bonds. The molecule has 1 heterocycles. The number of rotatable bonds is 5. The van der Waals surface area contributed by atoms with Gasteiger partial charge in [0.05, 0.1) is 0 Å². The molecule has 0 radical (unpaired) electrons. The van der Waals surface area contributed by atoms with Crippen LogP contribution in [0, 0.1) is 12.8 Å². The first-order chi connectivity index (χ1) is 6.63. The minimum atomic E-state index is 0.202. The zero-order valence-corrected chi connectivity index (χ0v) is 9.64. The Morgan fingerprint density at radius 3 is 2.64 bits per heavy atom. The van der Waals surface area contributed by atoms with Crippen molar-refractivity contribution >= 4 is 16.7 Å². The molecule has 0 aromatic carbocycles. The molecule has 14 heavy (non-hydrogen) atoms. The molecule has 0 aliphatic carbocycles. The third-order valence-corrected chi connectivity index (χ3v) is 2.82. The van der Waals surface area contributed by atoms with Crippen molar-refractivity contribution in [3.8, 4) is 0 Å². The van der Waals surface area contributed by atoms with Gasteiger partial charge in [-0.15, -0.1) is 0 Å². The van der Waals surface area contributed by atoms with Gasteiger partial charge in [-0.1, -0.05) is 13.8 Å².